The van der Waals surface area contributed by atoms with E-state index in [2.05, 4.69) is 20.9 Å². The fraction of sp³-hybridized carbons (Fsp3) is 0. The Morgan fingerprint density at radius 2 is 1.79 bits per heavy atom. The van der Waals surface area contributed by atoms with Crippen LogP contribution in [-0.4, -0.2) is 22.8 Å². The van der Waals surface area contributed by atoms with Crippen molar-refractivity contribution in [1.82, 2.24) is 0 Å². The van der Waals surface area contributed by atoms with Gasteiger partial charge < -0.3 is 9.47 Å². The predicted octanol–water partition coefficient (Wildman–Crippen LogP) is 5.32. The Kier molecular flexibility index (Phi) is 6.74. The van der Waals surface area contributed by atoms with Crippen LogP contribution in [0.3, 0.4) is 0 Å². The zero-order valence-electron chi connectivity index (χ0n) is 17.4. The van der Waals surface area contributed by atoms with Crippen LogP contribution in [0, 0.1) is 10.1 Å². The molecule has 168 valence electrons. The zero-order chi connectivity index (χ0) is 24.1. The minimum absolute atomic E-state index is 0.0106. The topological polar surface area (TPSA) is 108 Å². The molecule has 0 unspecified atom stereocenters. The second-order valence-corrected chi connectivity index (χ2v) is 7.90. The smallest absolute Gasteiger partial charge is 0.363 e. The zero-order valence-corrected chi connectivity index (χ0v) is 19.0. The van der Waals surface area contributed by atoms with Gasteiger partial charge in [-0.05, 0) is 48.0 Å². The Bertz CT molecular complexity index is 1360. The number of cyclic esters (lactones) is 1. The van der Waals surface area contributed by atoms with Gasteiger partial charge in [-0.2, -0.15) is 0 Å². The Labute approximate surface area is 202 Å². The van der Waals surface area contributed by atoms with Gasteiger partial charge in [0, 0.05) is 33.8 Å². The number of non-ortho nitro benzene ring substituents is 1. The van der Waals surface area contributed by atoms with E-state index in [-0.39, 0.29) is 23.0 Å². The molecule has 9 heteroatoms. The average Bonchev–Trinajstić information content (AvgIpc) is 3.20. The summed E-state index contributed by atoms with van der Waals surface area (Å²) in [5, 5.41) is 10.8. The monoisotopic (exact) mass is 518 g/mol. The third-order valence-electron chi connectivity index (χ3n) is 4.63. The number of nitro groups is 1. The van der Waals surface area contributed by atoms with E-state index in [0.29, 0.717) is 15.6 Å². The van der Waals surface area contributed by atoms with Crippen molar-refractivity contribution >= 4 is 51.6 Å². The highest BCUT2D eigenvalue weighted by atomic mass is 79.9. The molecule has 0 bridgehead atoms. The average molecular weight is 519 g/mol. The van der Waals surface area contributed by atoms with E-state index < -0.39 is 16.9 Å². The molecule has 0 saturated carbocycles. The van der Waals surface area contributed by atoms with E-state index in [1.807, 2.05) is 30.3 Å². The van der Waals surface area contributed by atoms with Gasteiger partial charge in [0.1, 0.15) is 5.75 Å². The fourth-order valence-electron chi connectivity index (χ4n) is 3.00. The van der Waals surface area contributed by atoms with Crippen molar-refractivity contribution < 1.29 is 24.0 Å². The largest absolute Gasteiger partial charge is 0.423 e. The number of esters is 2. The van der Waals surface area contributed by atoms with Gasteiger partial charge in [0.15, 0.2) is 5.70 Å². The van der Waals surface area contributed by atoms with Crippen LogP contribution in [0.2, 0.25) is 0 Å². The first-order valence-corrected chi connectivity index (χ1v) is 10.7. The van der Waals surface area contributed by atoms with Crippen molar-refractivity contribution in [1.29, 1.82) is 0 Å². The molecule has 8 nitrogen and oxygen atoms in total. The number of carbonyl (C=O) groups is 2. The number of rotatable bonds is 6. The van der Waals surface area contributed by atoms with Crippen LogP contribution in [0.5, 0.6) is 5.75 Å². The number of nitrogens with zero attached hydrogens (tertiary/aromatic N) is 2. The Morgan fingerprint density at radius 1 is 1.06 bits per heavy atom. The second kappa shape index (κ2) is 10.1. The molecule has 0 amide bonds. The van der Waals surface area contributed by atoms with Crippen molar-refractivity contribution in [3.8, 4) is 5.75 Å². The molecule has 4 rings (SSSR count). The maximum absolute atomic E-state index is 12.4. The molecule has 34 heavy (non-hydrogen) atoms. The maximum Gasteiger partial charge on any atom is 0.363 e. The normalized spacial score (nSPS) is 14.2. The molecule has 3 aromatic rings. The summed E-state index contributed by atoms with van der Waals surface area (Å²) in [4.78, 5) is 39.2. The maximum atomic E-state index is 12.4. The predicted molar refractivity (Wildman–Crippen MR) is 129 cm³/mol. The van der Waals surface area contributed by atoms with Crippen LogP contribution in [-0.2, 0) is 14.3 Å². The molecule has 1 aliphatic rings. The number of hydrogen-bond donors (Lipinski definition) is 0. The Hall–Kier alpha value is -4.37. The number of aliphatic imine (C=N–C) groups is 1. The van der Waals surface area contributed by atoms with Gasteiger partial charge in [-0.15, -0.1) is 0 Å². The lowest BCUT2D eigenvalue weighted by Gasteiger charge is -2.06. The Morgan fingerprint density at radius 3 is 2.50 bits per heavy atom. The van der Waals surface area contributed by atoms with Gasteiger partial charge in [0.25, 0.3) is 5.69 Å². The molecule has 0 atom stereocenters. The van der Waals surface area contributed by atoms with E-state index in [4.69, 9.17) is 9.47 Å². The van der Waals surface area contributed by atoms with Gasteiger partial charge in [-0.25, -0.2) is 14.6 Å². The first-order chi connectivity index (χ1) is 16.4. The van der Waals surface area contributed by atoms with Crippen LogP contribution in [0.4, 0.5) is 5.69 Å². The van der Waals surface area contributed by atoms with Crippen LogP contribution < -0.4 is 4.74 Å². The fourth-order valence-corrected chi connectivity index (χ4v) is 3.38. The summed E-state index contributed by atoms with van der Waals surface area (Å²) in [6.45, 7) is 0. The molecule has 1 aliphatic heterocycles. The summed E-state index contributed by atoms with van der Waals surface area (Å²) < 4.78 is 11.4. The molecule has 0 radical (unpaired) electrons. The van der Waals surface area contributed by atoms with Gasteiger partial charge in [-0.1, -0.05) is 46.3 Å². The van der Waals surface area contributed by atoms with E-state index >= 15 is 0 Å². The molecule has 0 fully saturated rings. The van der Waals surface area contributed by atoms with Gasteiger partial charge in [-0.3, -0.25) is 10.1 Å². The summed E-state index contributed by atoms with van der Waals surface area (Å²) in [5.74, 6) is -1.04. The van der Waals surface area contributed by atoms with Crippen LogP contribution in [0.1, 0.15) is 16.7 Å². The third-order valence-corrected chi connectivity index (χ3v) is 5.12. The minimum atomic E-state index is -0.699. The SMILES string of the molecule is O=C(/C=C/c1ccccc1)Oc1ccc(Br)cc1/C=C1/N=C(c2ccc([N+](=O)[O-])cc2)OC1=O. The molecule has 0 N–H and O–H groups in total. The van der Waals surface area contributed by atoms with Gasteiger partial charge in [0.2, 0.25) is 5.90 Å². The highest BCUT2D eigenvalue weighted by Crippen LogP contribution is 2.28. The molecule has 3 aromatic carbocycles. The summed E-state index contributed by atoms with van der Waals surface area (Å²) in [5.41, 5.74) is 1.58. The second-order valence-electron chi connectivity index (χ2n) is 6.99. The summed E-state index contributed by atoms with van der Waals surface area (Å²) >= 11 is 3.36. The van der Waals surface area contributed by atoms with E-state index in [1.165, 1.54) is 36.4 Å². The number of hydrogen-bond acceptors (Lipinski definition) is 7. The summed E-state index contributed by atoms with van der Waals surface area (Å²) in [6.07, 6.45) is 4.38. The van der Waals surface area contributed by atoms with Gasteiger partial charge in [0.05, 0.1) is 4.92 Å². The van der Waals surface area contributed by atoms with E-state index in [9.17, 15) is 19.7 Å². The first kappa shape index (κ1) is 22.8. The quantitative estimate of drug-likeness (QED) is 0.143. The van der Waals surface area contributed by atoms with Crippen molar-refractivity contribution in [2.75, 3.05) is 0 Å². The number of ether oxygens (including phenoxy) is 2. The summed E-state index contributed by atoms with van der Waals surface area (Å²) in [6, 6.07) is 19.7. The van der Waals surface area contributed by atoms with Crippen molar-refractivity contribution in [2.45, 2.75) is 0 Å². The van der Waals surface area contributed by atoms with Crippen molar-refractivity contribution in [3.63, 3.8) is 0 Å². The molecule has 0 spiro atoms. The lowest BCUT2D eigenvalue weighted by molar-refractivity contribution is -0.384. The third kappa shape index (κ3) is 5.51. The number of carbonyl (C=O) groups excluding carboxylic acids is 2. The lowest BCUT2D eigenvalue weighted by Crippen LogP contribution is -2.06. The molecule has 0 aromatic heterocycles. The summed E-state index contributed by atoms with van der Waals surface area (Å²) in [7, 11) is 0. The van der Waals surface area contributed by atoms with Crippen LogP contribution in [0.25, 0.3) is 12.2 Å². The number of halogens is 1. The van der Waals surface area contributed by atoms with E-state index in [1.54, 1.807) is 24.3 Å². The number of nitro benzene ring substituents is 1. The van der Waals surface area contributed by atoms with Crippen molar-refractivity contribution in [2.24, 2.45) is 4.99 Å². The highest BCUT2D eigenvalue weighted by molar-refractivity contribution is 9.10. The lowest BCUT2D eigenvalue weighted by atomic mass is 10.1. The van der Waals surface area contributed by atoms with E-state index in [0.717, 1.165) is 5.56 Å². The molecule has 0 saturated heterocycles. The van der Waals surface area contributed by atoms with Crippen LogP contribution in [0.15, 0.2) is 94.0 Å². The number of benzene rings is 3. The molecule has 1 heterocycles. The standard InChI is InChI=1S/C25H15BrN2O6/c26-19-9-12-22(33-23(29)13-6-16-4-2-1-3-5-16)18(14-19)15-21-25(30)34-24(27-21)17-7-10-20(11-8-17)28(31)32/h1-15H/b13-6+,21-15+. The van der Waals surface area contributed by atoms with Crippen molar-refractivity contribution in [3.05, 3.63) is 116 Å². The van der Waals surface area contributed by atoms with Crippen LogP contribution >= 0.6 is 15.9 Å². The molecular formula is C25H15BrN2O6. The first-order valence-electron chi connectivity index (χ1n) is 9.91. The van der Waals surface area contributed by atoms with Gasteiger partial charge >= 0.3 is 11.9 Å². The molecular weight excluding hydrogens is 504 g/mol. The Balaban J connectivity index is 1.58. The molecule has 0 aliphatic carbocycles. The highest BCUT2D eigenvalue weighted by Gasteiger charge is 2.25. The minimum Gasteiger partial charge on any atom is -0.423 e.